The van der Waals surface area contributed by atoms with Crippen LogP contribution >= 0.6 is 0 Å². The normalized spacial score (nSPS) is 24.8. The van der Waals surface area contributed by atoms with Crippen molar-refractivity contribution in [3.05, 3.63) is 42.4 Å². The minimum atomic E-state index is -0.577. The molecule has 26 heavy (non-hydrogen) atoms. The summed E-state index contributed by atoms with van der Waals surface area (Å²) in [5.41, 5.74) is 1.29. The second-order valence-corrected chi connectivity index (χ2v) is 7.65. The van der Waals surface area contributed by atoms with Gasteiger partial charge in [-0.2, -0.15) is 0 Å². The fraction of sp³-hybridized carbons (Fsp3) is 0.550. The first-order valence-corrected chi connectivity index (χ1v) is 9.60. The van der Waals surface area contributed by atoms with Crippen LogP contribution in [0.2, 0.25) is 0 Å². The summed E-state index contributed by atoms with van der Waals surface area (Å²) >= 11 is 0. The first-order chi connectivity index (χ1) is 12.7. The molecular weight excluding hydrogens is 326 g/mol. The van der Waals surface area contributed by atoms with Crippen molar-refractivity contribution in [1.29, 1.82) is 0 Å². The van der Waals surface area contributed by atoms with Gasteiger partial charge in [0.2, 0.25) is 0 Å². The number of likely N-dealkylation sites (tertiary alicyclic amines) is 2. The molecule has 1 N–H and O–H groups in total. The molecule has 6 nitrogen and oxygen atoms in total. The van der Waals surface area contributed by atoms with Gasteiger partial charge in [-0.3, -0.25) is 9.88 Å². The van der Waals surface area contributed by atoms with Crippen LogP contribution in [0, 0.1) is 0 Å². The number of rotatable bonds is 5. The van der Waals surface area contributed by atoms with Crippen LogP contribution in [-0.2, 0) is 6.54 Å². The first-order valence-electron chi connectivity index (χ1n) is 9.60. The number of piperidine rings is 1. The van der Waals surface area contributed by atoms with Gasteiger partial charge in [0.15, 0.2) is 5.82 Å². The summed E-state index contributed by atoms with van der Waals surface area (Å²) in [5, 5.41) is 11.0. The van der Waals surface area contributed by atoms with E-state index in [1.54, 1.807) is 6.20 Å². The fourth-order valence-electron chi connectivity index (χ4n) is 4.06. The van der Waals surface area contributed by atoms with Gasteiger partial charge in [-0.15, -0.1) is 0 Å². The average Bonchev–Trinajstić information content (AvgIpc) is 3.04. The Morgan fingerprint density at radius 2 is 1.77 bits per heavy atom. The van der Waals surface area contributed by atoms with E-state index < -0.39 is 5.60 Å². The van der Waals surface area contributed by atoms with Crippen LogP contribution < -0.4 is 0 Å². The van der Waals surface area contributed by atoms with E-state index in [9.17, 15) is 5.11 Å². The summed E-state index contributed by atoms with van der Waals surface area (Å²) in [7, 11) is 0. The van der Waals surface area contributed by atoms with E-state index in [0.29, 0.717) is 5.82 Å². The molecule has 2 aliphatic rings. The van der Waals surface area contributed by atoms with Gasteiger partial charge in [0.05, 0.1) is 5.60 Å². The van der Waals surface area contributed by atoms with E-state index in [-0.39, 0.29) is 0 Å². The predicted molar refractivity (Wildman–Crippen MR) is 100 cm³/mol. The Hall–Kier alpha value is -1.89. The lowest BCUT2D eigenvalue weighted by molar-refractivity contribution is 0.00634. The standard InChI is InChI=1S/C20H27N5O/c26-20(15-24-9-4-1-5-10-24)7-11-25(16-20)14-17-12-22-19(23-13-17)18-6-2-3-8-21-18/h2-3,6,8,12-13,26H,1,4-5,7,9-11,14-16H2. The van der Waals surface area contributed by atoms with E-state index in [4.69, 9.17) is 0 Å². The van der Waals surface area contributed by atoms with Crippen LogP contribution in [-0.4, -0.2) is 68.2 Å². The molecule has 6 heteroatoms. The lowest BCUT2D eigenvalue weighted by Gasteiger charge is -2.33. The summed E-state index contributed by atoms with van der Waals surface area (Å²) in [5.74, 6) is 0.650. The molecule has 2 aromatic rings. The Labute approximate surface area is 154 Å². The van der Waals surface area contributed by atoms with Crippen molar-refractivity contribution >= 4 is 0 Å². The summed E-state index contributed by atoms with van der Waals surface area (Å²) < 4.78 is 0. The van der Waals surface area contributed by atoms with Gasteiger partial charge in [-0.25, -0.2) is 9.97 Å². The van der Waals surface area contributed by atoms with Gasteiger partial charge in [0.1, 0.15) is 5.69 Å². The summed E-state index contributed by atoms with van der Waals surface area (Å²) in [4.78, 5) is 17.9. The molecule has 2 fully saturated rings. The third-order valence-corrected chi connectivity index (χ3v) is 5.38. The molecule has 0 aliphatic carbocycles. The minimum absolute atomic E-state index is 0.577. The van der Waals surface area contributed by atoms with Crippen LogP contribution in [0.15, 0.2) is 36.8 Å². The number of aromatic nitrogens is 3. The second kappa shape index (κ2) is 7.78. The predicted octanol–water partition coefficient (Wildman–Crippen LogP) is 1.96. The third-order valence-electron chi connectivity index (χ3n) is 5.38. The van der Waals surface area contributed by atoms with Crippen LogP contribution in [0.1, 0.15) is 31.2 Å². The Bertz CT molecular complexity index is 702. The van der Waals surface area contributed by atoms with E-state index in [0.717, 1.165) is 56.9 Å². The van der Waals surface area contributed by atoms with Crippen LogP contribution in [0.4, 0.5) is 0 Å². The molecule has 4 heterocycles. The molecule has 0 bridgehead atoms. The largest absolute Gasteiger partial charge is 0.387 e. The highest BCUT2D eigenvalue weighted by atomic mass is 16.3. The van der Waals surface area contributed by atoms with Crippen LogP contribution in [0.5, 0.6) is 0 Å². The number of hydrogen-bond donors (Lipinski definition) is 1. The van der Waals surface area contributed by atoms with Gasteiger partial charge in [-0.1, -0.05) is 12.5 Å². The number of hydrogen-bond acceptors (Lipinski definition) is 6. The van der Waals surface area contributed by atoms with Crippen molar-refractivity contribution in [3.63, 3.8) is 0 Å². The molecule has 2 aliphatic heterocycles. The Kier molecular flexibility index (Phi) is 5.24. The quantitative estimate of drug-likeness (QED) is 0.886. The molecule has 0 radical (unpaired) electrons. The van der Waals surface area contributed by atoms with E-state index >= 15 is 0 Å². The van der Waals surface area contributed by atoms with Crippen molar-refractivity contribution in [2.24, 2.45) is 0 Å². The van der Waals surface area contributed by atoms with Crippen LogP contribution in [0.3, 0.4) is 0 Å². The van der Waals surface area contributed by atoms with Crippen molar-refractivity contribution in [3.8, 4) is 11.5 Å². The molecule has 2 aromatic heterocycles. The molecule has 2 saturated heterocycles. The van der Waals surface area contributed by atoms with E-state index in [1.807, 2.05) is 30.6 Å². The highest BCUT2D eigenvalue weighted by Gasteiger charge is 2.37. The maximum absolute atomic E-state index is 11.0. The van der Waals surface area contributed by atoms with E-state index in [2.05, 4.69) is 24.8 Å². The highest BCUT2D eigenvalue weighted by molar-refractivity contribution is 5.47. The SMILES string of the molecule is OC1(CN2CCCCC2)CCN(Cc2cnc(-c3ccccn3)nc2)C1. The molecule has 1 unspecified atom stereocenters. The zero-order chi connectivity index (χ0) is 17.8. The van der Waals surface area contributed by atoms with E-state index in [1.165, 1.54) is 19.3 Å². The zero-order valence-electron chi connectivity index (χ0n) is 15.2. The maximum Gasteiger partial charge on any atom is 0.178 e. The summed E-state index contributed by atoms with van der Waals surface area (Å²) in [6, 6.07) is 5.74. The van der Waals surface area contributed by atoms with Crippen molar-refractivity contribution < 1.29 is 5.11 Å². The second-order valence-electron chi connectivity index (χ2n) is 7.65. The monoisotopic (exact) mass is 353 g/mol. The van der Waals surface area contributed by atoms with Gasteiger partial charge in [0.25, 0.3) is 0 Å². The summed E-state index contributed by atoms with van der Waals surface area (Å²) in [6.45, 7) is 5.50. The fourth-order valence-corrected chi connectivity index (χ4v) is 4.06. The van der Waals surface area contributed by atoms with Crippen LogP contribution in [0.25, 0.3) is 11.5 Å². The first kappa shape index (κ1) is 17.5. The number of aliphatic hydroxyl groups is 1. The van der Waals surface area contributed by atoms with Gasteiger partial charge >= 0.3 is 0 Å². The number of β-amino-alcohol motifs (C(OH)–C–C–N with tert-alkyl or cyclic N) is 1. The zero-order valence-corrected chi connectivity index (χ0v) is 15.2. The minimum Gasteiger partial charge on any atom is -0.387 e. The smallest absolute Gasteiger partial charge is 0.178 e. The molecule has 1 atom stereocenters. The average molecular weight is 353 g/mol. The Morgan fingerprint density at radius 3 is 2.50 bits per heavy atom. The molecule has 0 aromatic carbocycles. The molecule has 0 spiro atoms. The topological polar surface area (TPSA) is 65.4 Å². The molecule has 0 saturated carbocycles. The van der Waals surface area contributed by atoms with Gasteiger partial charge in [-0.05, 0) is 44.5 Å². The lowest BCUT2D eigenvalue weighted by atomic mass is 10.0. The lowest BCUT2D eigenvalue weighted by Crippen LogP contribution is -2.46. The Morgan fingerprint density at radius 1 is 0.962 bits per heavy atom. The molecule has 4 rings (SSSR count). The highest BCUT2D eigenvalue weighted by Crippen LogP contribution is 2.25. The number of nitrogens with zero attached hydrogens (tertiary/aromatic N) is 5. The van der Waals surface area contributed by atoms with Gasteiger partial charge < -0.3 is 10.0 Å². The molecule has 0 amide bonds. The Balaban J connectivity index is 1.33. The van der Waals surface area contributed by atoms with Crippen molar-refractivity contribution in [1.82, 2.24) is 24.8 Å². The molecule has 138 valence electrons. The summed E-state index contributed by atoms with van der Waals surface area (Å²) in [6.07, 6.45) is 10.2. The number of pyridine rings is 1. The van der Waals surface area contributed by atoms with Gasteiger partial charge in [0, 0.05) is 50.3 Å². The van der Waals surface area contributed by atoms with Crippen molar-refractivity contribution in [2.75, 3.05) is 32.7 Å². The third kappa shape index (κ3) is 4.26. The molecular formula is C20H27N5O. The maximum atomic E-state index is 11.0. The van der Waals surface area contributed by atoms with Crippen molar-refractivity contribution in [2.45, 2.75) is 37.8 Å².